The minimum Gasteiger partial charge on any atom is -0.493 e. The minimum atomic E-state index is -0.498. The van der Waals surface area contributed by atoms with Crippen LogP contribution in [-0.4, -0.2) is 30.6 Å². The summed E-state index contributed by atoms with van der Waals surface area (Å²) in [5.74, 6) is 0.0910. The van der Waals surface area contributed by atoms with Gasteiger partial charge < -0.3 is 14.2 Å². The smallest absolute Gasteiger partial charge is 0.338 e. The van der Waals surface area contributed by atoms with Crippen LogP contribution in [0.15, 0.2) is 66.8 Å². The van der Waals surface area contributed by atoms with Gasteiger partial charge in [0.15, 0.2) is 0 Å². The number of benzene rings is 2. The molecule has 0 aliphatic rings. The molecule has 0 N–H and O–H groups in total. The molecule has 0 fully saturated rings. The first kappa shape index (κ1) is 26.8. The molecule has 8 heteroatoms. The van der Waals surface area contributed by atoms with E-state index in [0.29, 0.717) is 29.3 Å². The molecule has 0 radical (unpaired) electrons. The second-order valence-corrected chi connectivity index (χ2v) is 6.76. The van der Waals surface area contributed by atoms with Crippen molar-refractivity contribution >= 4 is 29.8 Å². The SMILES string of the molecule is C=C(C)C(=O)OC.C=C(C)C(=O)Oc1ccc(C=Cc2ccc([N+](=O)[O-])cc2)c(OCC)c1. The van der Waals surface area contributed by atoms with Crippen LogP contribution in [0.1, 0.15) is 31.9 Å². The van der Waals surface area contributed by atoms with Crippen molar-refractivity contribution in [2.75, 3.05) is 13.7 Å². The van der Waals surface area contributed by atoms with Crippen molar-refractivity contribution in [3.8, 4) is 11.5 Å². The molecule has 0 aromatic heterocycles. The quantitative estimate of drug-likeness (QED) is 0.132. The van der Waals surface area contributed by atoms with Gasteiger partial charge in [-0.2, -0.15) is 0 Å². The lowest BCUT2D eigenvalue weighted by Gasteiger charge is -2.10. The summed E-state index contributed by atoms with van der Waals surface area (Å²) < 4.78 is 15.1. The normalized spacial score (nSPS) is 9.94. The Labute approximate surface area is 192 Å². The molecule has 2 rings (SSSR count). The molecule has 0 saturated carbocycles. The summed E-state index contributed by atoms with van der Waals surface area (Å²) in [6.45, 7) is 12.4. The van der Waals surface area contributed by atoms with Gasteiger partial charge in [-0.1, -0.05) is 25.3 Å². The molecular weight excluding hydrogens is 426 g/mol. The molecule has 0 heterocycles. The van der Waals surface area contributed by atoms with Crippen LogP contribution in [0.5, 0.6) is 11.5 Å². The molecule has 2 aromatic carbocycles. The summed E-state index contributed by atoms with van der Waals surface area (Å²) in [4.78, 5) is 32.1. The van der Waals surface area contributed by atoms with E-state index < -0.39 is 10.9 Å². The molecule has 33 heavy (non-hydrogen) atoms. The summed E-state index contributed by atoms with van der Waals surface area (Å²) in [6, 6.07) is 11.3. The zero-order valence-electron chi connectivity index (χ0n) is 19.1. The second kappa shape index (κ2) is 13.3. The molecule has 0 atom stereocenters. The van der Waals surface area contributed by atoms with Crippen LogP contribution >= 0.6 is 0 Å². The maximum atomic E-state index is 11.6. The third kappa shape index (κ3) is 9.22. The molecule has 0 bridgehead atoms. The molecule has 0 unspecified atom stereocenters. The maximum absolute atomic E-state index is 11.6. The van der Waals surface area contributed by atoms with Crippen LogP contribution in [0, 0.1) is 10.1 Å². The average Bonchev–Trinajstić information content (AvgIpc) is 2.78. The monoisotopic (exact) mass is 453 g/mol. The first-order valence-electron chi connectivity index (χ1n) is 9.89. The number of hydrogen-bond acceptors (Lipinski definition) is 7. The molecular formula is C25H27NO7. The highest BCUT2D eigenvalue weighted by Gasteiger charge is 2.09. The Balaban J connectivity index is 0.000000675. The van der Waals surface area contributed by atoms with Crippen LogP contribution in [0.25, 0.3) is 12.2 Å². The molecule has 0 aliphatic heterocycles. The summed E-state index contributed by atoms with van der Waals surface area (Å²) in [5, 5.41) is 10.7. The predicted octanol–water partition coefficient (Wildman–Crippen LogP) is 5.38. The topological polar surface area (TPSA) is 105 Å². The van der Waals surface area contributed by atoms with Gasteiger partial charge in [0, 0.05) is 34.9 Å². The molecule has 2 aromatic rings. The van der Waals surface area contributed by atoms with Crippen LogP contribution in [-0.2, 0) is 14.3 Å². The van der Waals surface area contributed by atoms with E-state index in [-0.39, 0.29) is 11.7 Å². The van der Waals surface area contributed by atoms with Gasteiger partial charge in [-0.15, -0.1) is 0 Å². The summed E-state index contributed by atoms with van der Waals surface area (Å²) in [6.07, 6.45) is 3.65. The predicted molar refractivity (Wildman–Crippen MR) is 127 cm³/mol. The van der Waals surface area contributed by atoms with Gasteiger partial charge in [0.05, 0.1) is 18.6 Å². The highest BCUT2D eigenvalue weighted by molar-refractivity contribution is 5.89. The number of ether oxygens (including phenoxy) is 3. The lowest BCUT2D eigenvalue weighted by Crippen LogP contribution is -2.08. The Hall–Kier alpha value is -4.20. The van der Waals surface area contributed by atoms with Gasteiger partial charge in [0.25, 0.3) is 5.69 Å². The molecule has 0 amide bonds. The fraction of sp³-hybridized carbons (Fsp3) is 0.200. The number of nitro groups is 1. The Morgan fingerprint density at radius 3 is 2.06 bits per heavy atom. The van der Waals surface area contributed by atoms with Crippen LogP contribution in [0.3, 0.4) is 0 Å². The Kier molecular flexibility index (Phi) is 10.8. The van der Waals surface area contributed by atoms with E-state index in [1.807, 2.05) is 19.1 Å². The van der Waals surface area contributed by atoms with Crippen molar-refractivity contribution in [1.82, 2.24) is 0 Å². The third-order valence-electron chi connectivity index (χ3n) is 3.94. The van der Waals surface area contributed by atoms with Crippen LogP contribution in [0.4, 0.5) is 5.69 Å². The lowest BCUT2D eigenvalue weighted by atomic mass is 10.1. The van der Waals surface area contributed by atoms with E-state index in [1.54, 1.807) is 44.2 Å². The zero-order chi connectivity index (χ0) is 25.0. The molecule has 0 aliphatic carbocycles. The van der Waals surface area contributed by atoms with Crippen molar-refractivity contribution in [3.05, 3.63) is 88.0 Å². The van der Waals surface area contributed by atoms with E-state index in [1.165, 1.54) is 19.2 Å². The van der Waals surface area contributed by atoms with E-state index in [2.05, 4.69) is 17.9 Å². The number of rotatable bonds is 8. The fourth-order valence-corrected chi connectivity index (χ4v) is 2.26. The Morgan fingerprint density at radius 1 is 1.00 bits per heavy atom. The van der Waals surface area contributed by atoms with E-state index in [4.69, 9.17) is 9.47 Å². The molecule has 0 spiro atoms. The van der Waals surface area contributed by atoms with E-state index >= 15 is 0 Å². The number of nitro benzene ring substituents is 1. The number of hydrogen-bond donors (Lipinski definition) is 0. The average molecular weight is 453 g/mol. The number of carbonyl (C=O) groups excluding carboxylic acids is 2. The lowest BCUT2D eigenvalue weighted by molar-refractivity contribution is -0.384. The molecule has 174 valence electrons. The number of nitrogens with zero attached hydrogens (tertiary/aromatic N) is 1. The summed E-state index contributed by atoms with van der Waals surface area (Å²) >= 11 is 0. The van der Waals surface area contributed by atoms with Gasteiger partial charge in [0.2, 0.25) is 0 Å². The number of esters is 2. The maximum Gasteiger partial charge on any atom is 0.338 e. The van der Waals surface area contributed by atoms with Crippen molar-refractivity contribution in [1.29, 1.82) is 0 Å². The largest absolute Gasteiger partial charge is 0.493 e. The minimum absolute atomic E-state index is 0.0424. The fourth-order valence-electron chi connectivity index (χ4n) is 2.26. The second-order valence-electron chi connectivity index (χ2n) is 6.76. The van der Waals surface area contributed by atoms with Crippen molar-refractivity contribution in [3.63, 3.8) is 0 Å². The van der Waals surface area contributed by atoms with E-state index in [0.717, 1.165) is 11.1 Å². The van der Waals surface area contributed by atoms with Crippen molar-refractivity contribution < 1.29 is 28.7 Å². The summed E-state index contributed by atoms with van der Waals surface area (Å²) in [5.41, 5.74) is 2.39. The van der Waals surface area contributed by atoms with Gasteiger partial charge >= 0.3 is 11.9 Å². The highest BCUT2D eigenvalue weighted by atomic mass is 16.6. The van der Waals surface area contributed by atoms with Gasteiger partial charge in [-0.05, 0) is 50.6 Å². The molecule has 8 nitrogen and oxygen atoms in total. The van der Waals surface area contributed by atoms with Gasteiger partial charge in [-0.25, -0.2) is 9.59 Å². The zero-order valence-corrected chi connectivity index (χ0v) is 19.1. The first-order chi connectivity index (χ1) is 15.6. The number of carbonyl (C=O) groups is 2. The van der Waals surface area contributed by atoms with Crippen molar-refractivity contribution in [2.45, 2.75) is 20.8 Å². The standard InChI is InChI=1S/C20H19NO5.C5H8O2/c1-4-25-19-13-18(26-20(22)14(2)3)12-9-16(19)8-5-15-6-10-17(11-7-15)21(23)24;1-4(2)5(6)7-3/h5-13H,2,4H2,1,3H3;1H2,2-3H3. The van der Waals surface area contributed by atoms with Crippen LogP contribution < -0.4 is 9.47 Å². The Morgan fingerprint density at radius 2 is 1.61 bits per heavy atom. The van der Waals surface area contributed by atoms with E-state index in [9.17, 15) is 19.7 Å². The van der Waals surface area contributed by atoms with Crippen LogP contribution in [0.2, 0.25) is 0 Å². The van der Waals surface area contributed by atoms with Crippen molar-refractivity contribution in [2.24, 2.45) is 0 Å². The highest BCUT2D eigenvalue weighted by Crippen LogP contribution is 2.27. The van der Waals surface area contributed by atoms with Gasteiger partial charge in [0.1, 0.15) is 11.5 Å². The first-order valence-corrected chi connectivity index (χ1v) is 9.89. The number of methoxy groups -OCH3 is 1. The summed E-state index contributed by atoms with van der Waals surface area (Å²) in [7, 11) is 1.33. The van der Waals surface area contributed by atoms with Gasteiger partial charge in [-0.3, -0.25) is 10.1 Å². The third-order valence-corrected chi connectivity index (χ3v) is 3.94. The Bertz CT molecular complexity index is 1050. The number of non-ortho nitro benzene ring substituents is 1. The molecule has 0 saturated heterocycles.